The summed E-state index contributed by atoms with van der Waals surface area (Å²) < 4.78 is 15.3. The number of carbonyl (C=O) groups excluding carboxylic acids is 1. The molecule has 0 atom stereocenters. The SMILES string of the molecule is O=C(CCc1c(-c2ccc(F)cc2)nc2ccccn12)NCCCc1ccccc1. The van der Waals surface area contributed by atoms with Crippen LogP contribution >= 0.6 is 0 Å². The molecular weight excluding hydrogens is 377 g/mol. The number of nitrogens with one attached hydrogen (secondary N) is 1. The Morgan fingerprint density at radius 3 is 2.50 bits per heavy atom. The first-order valence-corrected chi connectivity index (χ1v) is 10.2. The zero-order valence-electron chi connectivity index (χ0n) is 16.7. The van der Waals surface area contributed by atoms with Crippen LogP contribution in [0.2, 0.25) is 0 Å². The lowest BCUT2D eigenvalue weighted by molar-refractivity contribution is -0.121. The molecule has 0 saturated heterocycles. The Morgan fingerprint density at radius 1 is 0.933 bits per heavy atom. The highest BCUT2D eigenvalue weighted by atomic mass is 19.1. The molecule has 2 aromatic heterocycles. The van der Waals surface area contributed by atoms with Crippen molar-refractivity contribution in [3.05, 3.63) is 96.1 Å². The highest BCUT2D eigenvalue weighted by Crippen LogP contribution is 2.25. The van der Waals surface area contributed by atoms with Crippen LogP contribution in [-0.2, 0) is 17.6 Å². The van der Waals surface area contributed by atoms with E-state index in [1.165, 1.54) is 17.7 Å². The van der Waals surface area contributed by atoms with Crippen molar-refractivity contribution in [2.75, 3.05) is 6.54 Å². The molecule has 4 rings (SSSR count). The molecule has 1 N–H and O–H groups in total. The molecule has 1 amide bonds. The summed E-state index contributed by atoms with van der Waals surface area (Å²) >= 11 is 0. The van der Waals surface area contributed by atoms with Crippen LogP contribution < -0.4 is 5.32 Å². The molecule has 4 aromatic rings. The van der Waals surface area contributed by atoms with E-state index in [2.05, 4.69) is 17.4 Å². The maximum absolute atomic E-state index is 13.3. The molecule has 0 bridgehead atoms. The van der Waals surface area contributed by atoms with Gasteiger partial charge in [-0.25, -0.2) is 9.37 Å². The number of halogens is 1. The molecule has 2 heterocycles. The smallest absolute Gasteiger partial charge is 0.220 e. The van der Waals surface area contributed by atoms with Gasteiger partial charge in [0.15, 0.2) is 0 Å². The molecule has 0 aliphatic heterocycles. The Labute approximate surface area is 175 Å². The summed E-state index contributed by atoms with van der Waals surface area (Å²) in [7, 11) is 0. The minimum atomic E-state index is -0.279. The number of aryl methyl sites for hydroxylation is 2. The van der Waals surface area contributed by atoms with E-state index in [-0.39, 0.29) is 11.7 Å². The lowest BCUT2D eigenvalue weighted by atomic mass is 10.1. The number of hydrogen-bond acceptors (Lipinski definition) is 2. The number of amides is 1. The zero-order chi connectivity index (χ0) is 20.8. The summed E-state index contributed by atoms with van der Waals surface area (Å²) in [6.45, 7) is 0.658. The van der Waals surface area contributed by atoms with Crippen molar-refractivity contribution in [2.24, 2.45) is 0 Å². The number of imidazole rings is 1. The highest BCUT2D eigenvalue weighted by Gasteiger charge is 2.15. The van der Waals surface area contributed by atoms with E-state index in [1.807, 2.05) is 47.0 Å². The van der Waals surface area contributed by atoms with Crippen LogP contribution in [0.1, 0.15) is 24.1 Å². The summed E-state index contributed by atoms with van der Waals surface area (Å²) in [5.74, 6) is -0.252. The van der Waals surface area contributed by atoms with Crippen molar-refractivity contribution < 1.29 is 9.18 Å². The number of carbonyl (C=O) groups is 1. The lowest BCUT2D eigenvalue weighted by Crippen LogP contribution is -2.25. The van der Waals surface area contributed by atoms with Crippen LogP contribution in [-0.4, -0.2) is 21.8 Å². The molecule has 152 valence electrons. The first-order valence-electron chi connectivity index (χ1n) is 10.2. The van der Waals surface area contributed by atoms with Crippen LogP contribution in [0.15, 0.2) is 79.0 Å². The second kappa shape index (κ2) is 9.35. The summed E-state index contributed by atoms with van der Waals surface area (Å²) in [5.41, 5.74) is 4.68. The van der Waals surface area contributed by atoms with Gasteiger partial charge < -0.3 is 9.72 Å². The predicted molar refractivity (Wildman–Crippen MR) is 117 cm³/mol. The van der Waals surface area contributed by atoms with Crippen molar-refractivity contribution in [3.63, 3.8) is 0 Å². The number of nitrogens with zero attached hydrogens (tertiary/aromatic N) is 2. The quantitative estimate of drug-likeness (QED) is 0.430. The van der Waals surface area contributed by atoms with Crippen molar-refractivity contribution in [1.82, 2.24) is 14.7 Å². The van der Waals surface area contributed by atoms with Gasteiger partial charge in [0.05, 0.1) is 11.4 Å². The Hall–Kier alpha value is -3.47. The number of pyridine rings is 1. The predicted octanol–water partition coefficient (Wildman–Crippen LogP) is 4.82. The molecule has 0 saturated carbocycles. The summed E-state index contributed by atoms with van der Waals surface area (Å²) in [6.07, 6.45) is 4.74. The highest BCUT2D eigenvalue weighted by molar-refractivity contribution is 5.76. The van der Waals surface area contributed by atoms with Crippen LogP contribution in [0, 0.1) is 5.82 Å². The van der Waals surface area contributed by atoms with Crippen LogP contribution in [0.5, 0.6) is 0 Å². The van der Waals surface area contributed by atoms with Gasteiger partial charge in [0.25, 0.3) is 0 Å². The second-order valence-corrected chi connectivity index (χ2v) is 7.28. The van der Waals surface area contributed by atoms with E-state index < -0.39 is 0 Å². The van der Waals surface area contributed by atoms with Crippen molar-refractivity contribution >= 4 is 11.6 Å². The van der Waals surface area contributed by atoms with Crippen molar-refractivity contribution in [3.8, 4) is 11.3 Å². The van der Waals surface area contributed by atoms with Gasteiger partial charge in [0.1, 0.15) is 11.5 Å². The third-order valence-corrected chi connectivity index (χ3v) is 5.14. The molecule has 2 aromatic carbocycles. The molecular formula is C25H24FN3O. The average molecular weight is 401 g/mol. The van der Waals surface area contributed by atoms with E-state index in [4.69, 9.17) is 4.98 Å². The standard InChI is InChI=1S/C25H24FN3O/c26-21-13-11-20(12-14-21)25-22(29-18-5-4-10-23(29)28-25)15-16-24(30)27-17-6-9-19-7-2-1-3-8-19/h1-5,7-8,10-14,18H,6,9,15-17H2,(H,27,30). The first kappa shape index (κ1) is 19.8. The third kappa shape index (κ3) is 4.74. The molecule has 0 unspecified atom stereocenters. The van der Waals surface area contributed by atoms with E-state index in [0.29, 0.717) is 19.4 Å². The average Bonchev–Trinajstić information content (AvgIpc) is 3.15. The topological polar surface area (TPSA) is 46.4 Å². The maximum atomic E-state index is 13.3. The molecule has 4 nitrogen and oxygen atoms in total. The Kier molecular flexibility index (Phi) is 6.18. The van der Waals surface area contributed by atoms with Gasteiger partial charge in [-0.1, -0.05) is 36.4 Å². The molecule has 0 aliphatic carbocycles. The lowest BCUT2D eigenvalue weighted by Gasteiger charge is -2.07. The van der Waals surface area contributed by atoms with Gasteiger partial charge in [0.2, 0.25) is 5.91 Å². The minimum Gasteiger partial charge on any atom is -0.356 e. The van der Waals surface area contributed by atoms with Gasteiger partial charge in [-0.15, -0.1) is 0 Å². The Morgan fingerprint density at radius 2 is 1.70 bits per heavy atom. The van der Waals surface area contributed by atoms with Gasteiger partial charge in [0, 0.05) is 24.7 Å². The fourth-order valence-electron chi connectivity index (χ4n) is 3.61. The van der Waals surface area contributed by atoms with E-state index >= 15 is 0 Å². The largest absolute Gasteiger partial charge is 0.356 e. The minimum absolute atomic E-state index is 0.0269. The number of benzene rings is 2. The van der Waals surface area contributed by atoms with Gasteiger partial charge in [-0.05, 0) is 61.2 Å². The monoisotopic (exact) mass is 401 g/mol. The zero-order valence-corrected chi connectivity index (χ0v) is 16.7. The van der Waals surface area contributed by atoms with Gasteiger partial charge in [-0.3, -0.25) is 4.79 Å². The van der Waals surface area contributed by atoms with E-state index in [0.717, 1.165) is 35.4 Å². The number of fused-ring (bicyclic) bond motifs is 1. The molecule has 0 spiro atoms. The third-order valence-electron chi connectivity index (χ3n) is 5.14. The second-order valence-electron chi connectivity index (χ2n) is 7.28. The summed E-state index contributed by atoms with van der Waals surface area (Å²) in [5, 5.41) is 3.01. The van der Waals surface area contributed by atoms with E-state index in [1.54, 1.807) is 12.1 Å². The summed E-state index contributed by atoms with van der Waals surface area (Å²) in [6, 6.07) is 22.4. The van der Waals surface area contributed by atoms with E-state index in [9.17, 15) is 9.18 Å². The van der Waals surface area contributed by atoms with Gasteiger partial charge >= 0.3 is 0 Å². The normalized spacial score (nSPS) is 11.0. The fourth-order valence-corrected chi connectivity index (χ4v) is 3.61. The fraction of sp³-hybridized carbons (Fsp3) is 0.200. The number of rotatable bonds is 8. The summed E-state index contributed by atoms with van der Waals surface area (Å²) in [4.78, 5) is 17.1. The number of hydrogen-bond donors (Lipinski definition) is 1. The van der Waals surface area contributed by atoms with Crippen LogP contribution in [0.4, 0.5) is 4.39 Å². The van der Waals surface area contributed by atoms with Crippen LogP contribution in [0.25, 0.3) is 16.9 Å². The molecule has 0 fully saturated rings. The van der Waals surface area contributed by atoms with Gasteiger partial charge in [-0.2, -0.15) is 0 Å². The first-order chi connectivity index (χ1) is 14.7. The molecule has 0 radical (unpaired) electrons. The van der Waals surface area contributed by atoms with Crippen molar-refractivity contribution in [2.45, 2.75) is 25.7 Å². The van der Waals surface area contributed by atoms with Crippen molar-refractivity contribution in [1.29, 1.82) is 0 Å². The molecule has 30 heavy (non-hydrogen) atoms. The maximum Gasteiger partial charge on any atom is 0.220 e. The molecule has 0 aliphatic rings. The molecule has 5 heteroatoms. The van der Waals surface area contributed by atoms with Crippen LogP contribution in [0.3, 0.4) is 0 Å². The number of aromatic nitrogens is 2. The Balaban J connectivity index is 1.40. The Bertz CT molecular complexity index is 1120.